The highest BCUT2D eigenvalue weighted by atomic mass is 79.9. The van der Waals surface area contributed by atoms with E-state index >= 15 is 0 Å². The maximum atomic E-state index is 12.2. The minimum absolute atomic E-state index is 0.283. The Labute approximate surface area is 124 Å². The molecule has 3 N–H and O–H groups in total. The third kappa shape index (κ3) is 3.24. The van der Waals surface area contributed by atoms with E-state index in [9.17, 15) is 4.79 Å². The number of pyridine rings is 1. The highest BCUT2D eigenvalue weighted by Gasteiger charge is 2.12. The normalized spacial score (nSPS) is 10.3. The van der Waals surface area contributed by atoms with Crippen molar-refractivity contribution in [2.24, 2.45) is 0 Å². The number of benzene rings is 1. The van der Waals surface area contributed by atoms with Crippen LogP contribution in [0.25, 0.3) is 0 Å². The van der Waals surface area contributed by atoms with E-state index in [1.807, 2.05) is 6.92 Å². The summed E-state index contributed by atoms with van der Waals surface area (Å²) in [5, 5.41) is 3.22. The smallest absolute Gasteiger partial charge is 0.258 e. The van der Waals surface area contributed by atoms with E-state index in [4.69, 9.17) is 17.3 Å². The van der Waals surface area contributed by atoms with Gasteiger partial charge in [0.2, 0.25) is 0 Å². The van der Waals surface area contributed by atoms with Crippen LogP contribution in [0.4, 0.5) is 11.5 Å². The molecule has 0 radical (unpaired) electrons. The van der Waals surface area contributed by atoms with Gasteiger partial charge in [0.05, 0.1) is 17.4 Å². The Morgan fingerprint density at radius 1 is 1.42 bits per heavy atom. The van der Waals surface area contributed by atoms with Crippen LogP contribution in [0.1, 0.15) is 15.9 Å². The SMILES string of the molecule is Cc1cc(N)cnc1NC(=O)c1cc(Cl)ccc1Br. The molecule has 0 aliphatic rings. The molecule has 1 aromatic carbocycles. The lowest BCUT2D eigenvalue weighted by Crippen LogP contribution is -2.14. The number of nitrogens with one attached hydrogen (secondary N) is 1. The highest BCUT2D eigenvalue weighted by molar-refractivity contribution is 9.10. The van der Waals surface area contributed by atoms with E-state index in [1.165, 1.54) is 6.20 Å². The highest BCUT2D eigenvalue weighted by Crippen LogP contribution is 2.23. The van der Waals surface area contributed by atoms with Crippen molar-refractivity contribution >= 4 is 44.9 Å². The summed E-state index contributed by atoms with van der Waals surface area (Å²) in [5.74, 6) is 0.195. The molecule has 0 unspecified atom stereocenters. The van der Waals surface area contributed by atoms with Gasteiger partial charge in [-0.3, -0.25) is 4.79 Å². The molecule has 2 aromatic rings. The van der Waals surface area contributed by atoms with Gasteiger partial charge in [-0.05, 0) is 52.7 Å². The molecule has 0 spiro atoms. The Morgan fingerprint density at radius 2 is 2.16 bits per heavy atom. The predicted octanol–water partition coefficient (Wildman–Crippen LogP) is 3.64. The summed E-state index contributed by atoms with van der Waals surface area (Å²) in [6.07, 6.45) is 1.50. The van der Waals surface area contributed by atoms with E-state index < -0.39 is 0 Å². The predicted molar refractivity (Wildman–Crippen MR) is 80.5 cm³/mol. The summed E-state index contributed by atoms with van der Waals surface area (Å²) >= 11 is 9.20. The molecule has 6 heteroatoms. The minimum atomic E-state index is -0.283. The van der Waals surface area contributed by atoms with Crippen LogP contribution < -0.4 is 11.1 Å². The molecule has 19 heavy (non-hydrogen) atoms. The van der Waals surface area contributed by atoms with Crippen molar-refractivity contribution in [1.82, 2.24) is 4.98 Å². The lowest BCUT2D eigenvalue weighted by atomic mass is 10.2. The molecule has 0 bridgehead atoms. The number of halogens is 2. The number of aryl methyl sites for hydroxylation is 1. The second-order valence-electron chi connectivity index (χ2n) is 4.01. The summed E-state index contributed by atoms with van der Waals surface area (Å²) in [7, 11) is 0. The largest absolute Gasteiger partial charge is 0.397 e. The van der Waals surface area contributed by atoms with Gasteiger partial charge in [-0.15, -0.1) is 0 Å². The first-order valence-electron chi connectivity index (χ1n) is 5.46. The zero-order valence-electron chi connectivity index (χ0n) is 10.1. The van der Waals surface area contributed by atoms with Gasteiger partial charge in [0.25, 0.3) is 5.91 Å². The Morgan fingerprint density at radius 3 is 2.84 bits per heavy atom. The zero-order chi connectivity index (χ0) is 14.0. The molecule has 0 atom stereocenters. The number of carbonyl (C=O) groups excluding carboxylic acids is 1. The first-order chi connectivity index (χ1) is 8.97. The number of carbonyl (C=O) groups is 1. The van der Waals surface area contributed by atoms with E-state index in [1.54, 1.807) is 24.3 Å². The molecule has 1 amide bonds. The fraction of sp³-hybridized carbons (Fsp3) is 0.0769. The maximum Gasteiger partial charge on any atom is 0.258 e. The summed E-state index contributed by atoms with van der Waals surface area (Å²) in [4.78, 5) is 16.2. The number of nitrogens with two attached hydrogens (primary N) is 1. The summed E-state index contributed by atoms with van der Waals surface area (Å²) < 4.78 is 0.669. The van der Waals surface area contributed by atoms with Crippen LogP contribution in [-0.2, 0) is 0 Å². The van der Waals surface area contributed by atoms with Crippen LogP contribution in [-0.4, -0.2) is 10.9 Å². The Balaban J connectivity index is 2.28. The topological polar surface area (TPSA) is 68.0 Å². The van der Waals surface area contributed by atoms with Crippen molar-refractivity contribution in [3.05, 3.63) is 51.1 Å². The molecule has 4 nitrogen and oxygen atoms in total. The average Bonchev–Trinajstić information content (AvgIpc) is 2.35. The molecule has 1 aromatic heterocycles. The van der Waals surface area contributed by atoms with Gasteiger partial charge in [-0.1, -0.05) is 11.6 Å². The molecular weight excluding hydrogens is 330 g/mol. The monoisotopic (exact) mass is 339 g/mol. The maximum absolute atomic E-state index is 12.2. The molecule has 0 aliphatic carbocycles. The molecule has 1 heterocycles. The number of amides is 1. The number of nitrogens with zero attached hydrogens (tertiary/aromatic N) is 1. The third-order valence-electron chi connectivity index (χ3n) is 2.50. The van der Waals surface area contributed by atoms with Crippen LogP contribution in [0.5, 0.6) is 0 Å². The lowest BCUT2D eigenvalue weighted by molar-refractivity contribution is 0.102. The molecular formula is C13H11BrClN3O. The van der Waals surface area contributed by atoms with Crippen molar-refractivity contribution in [3.63, 3.8) is 0 Å². The summed E-state index contributed by atoms with van der Waals surface area (Å²) in [6, 6.07) is 6.76. The van der Waals surface area contributed by atoms with Crippen LogP contribution in [0.2, 0.25) is 5.02 Å². The van der Waals surface area contributed by atoms with Gasteiger partial charge < -0.3 is 11.1 Å². The molecule has 0 fully saturated rings. The second-order valence-corrected chi connectivity index (χ2v) is 5.30. The van der Waals surface area contributed by atoms with Crippen molar-refractivity contribution in [2.45, 2.75) is 6.92 Å². The van der Waals surface area contributed by atoms with E-state index in [-0.39, 0.29) is 5.91 Å². The molecule has 98 valence electrons. The van der Waals surface area contributed by atoms with Crippen molar-refractivity contribution in [1.29, 1.82) is 0 Å². The second kappa shape index (κ2) is 5.59. The Hall–Kier alpha value is -1.59. The number of anilines is 2. The first-order valence-corrected chi connectivity index (χ1v) is 6.63. The van der Waals surface area contributed by atoms with Crippen LogP contribution in [0.15, 0.2) is 34.9 Å². The van der Waals surface area contributed by atoms with Crippen molar-refractivity contribution in [3.8, 4) is 0 Å². The quantitative estimate of drug-likeness (QED) is 0.877. The fourth-order valence-corrected chi connectivity index (χ4v) is 2.17. The van der Waals surface area contributed by atoms with Gasteiger partial charge >= 0.3 is 0 Å². The number of rotatable bonds is 2. The number of hydrogen-bond donors (Lipinski definition) is 2. The minimum Gasteiger partial charge on any atom is -0.397 e. The zero-order valence-corrected chi connectivity index (χ0v) is 12.4. The average molecular weight is 341 g/mol. The van der Waals surface area contributed by atoms with Gasteiger partial charge in [0.1, 0.15) is 5.82 Å². The van der Waals surface area contributed by atoms with Crippen molar-refractivity contribution < 1.29 is 4.79 Å². The summed E-state index contributed by atoms with van der Waals surface area (Å²) in [5.41, 5.74) is 7.42. The van der Waals surface area contributed by atoms with Gasteiger partial charge in [0.15, 0.2) is 0 Å². The van der Waals surface area contributed by atoms with E-state index in [2.05, 4.69) is 26.2 Å². The number of hydrogen-bond acceptors (Lipinski definition) is 3. The number of aromatic nitrogens is 1. The standard InChI is InChI=1S/C13H11BrClN3O/c1-7-4-9(16)6-17-12(7)18-13(19)10-5-8(15)2-3-11(10)14/h2-6H,16H2,1H3,(H,17,18,19). The number of nitrogen functional groups attached to an aromatic ring is 1. The van der Waals surface area contributed by atoms with Crippen LogP contribution >= 0.6 is 27.5 Å². The lowest BCUT2D eigenvalue weighted by Gasteiger charge is -2.09. The summed E-state index contributed by atoms with van der Waals surface area (Å²) in [6.45, 7) is 1.83. The van der Waals surface area contributed by atoms with Crippen LogP contribution in [0, 0.1) is 6.92 Å². The van der Waals surface area contributed by atoms with E-state index in [0.717, 1.165) is 5.56 Å². The molecule has 0 saturated heterocycles. The van der Waals surface area contributed by atoms with Gasteiger partial charge in [-0.2, -0.15) is 0 Å². The first kappa shape index (κ1) is 13.8. The molecule has 0 aliphatic heterocycles. The van der Waals surface area contributed by atoms with E-state index in [0.29, 0.717) is 26.6 Å². The van der Waals surface area contributed by atoms with Crippen LogP contribution in [0.3, 0.4) is 0 Å². The fourth-order valence-electron chi connectivity index (χ4n) is 1.57. The van der Waals surface area contributed by atoms with Gasteiger partial charge in [-0.25, -0.2) is 4.98 Å². The Bertz CT molecular complexity index is 646. The van der Waals surface area contributed by atoms with Gasteiger partial charge in [0, 0.05) is 9.50 Å². The Kier molecular flexibility index (Phi) is 4.07. The molecule has 0 saturated carbocycles. The molecule has 2 rings (SSSR count). The van der Waals surface area contributed by atoms with Crippen molar-refractivity contribution in [2.75, 3.05) is 11.1 Å². The third-order valence-corrected chi connectivity index (χ3v) is 3.43.